The standard InChI is InChI=1S/C6H10N2O2/c1-5(9)6(10)8(2)4-3-7/h5,9H,4H2,1-2H3. The van der Waals surface area contributed by atoms with Gasteiger partial charge in [0.15, 0.2) is 0 Å². The number of carbonyl (C=O) groups is 1. The molecule has 0 spiro atoms. The summed E-state index contributed by atoms with van der Waals surface area (Å²) >= 11 is 0. The average Bonchev–Trinajstić information content (AvgIpc) is 1.87. The highest BCUT2D eigenvalue weighted by Gasteiger charge is 2.12. The van der Waals surface area contributed by atoms with E-state index >= 15 is 0 Å². The molecule has 0 radical (unpaired) electrons. The predicted molar refractivity (Wildman–Crippen MR) is 34.9 cm³/mol. The Bertz CT molecular complexity index is 160. The van der Waals surface area contributed by atoms with Crippen LogP contribution in [0.1, 0.15) is 6.92 Å². The van der Waals surface area contributed by atoms with Gasteiger partial charge in [0, 0.05) is 7.05 Å². The van der Waals surface area contributed by atoms with Crippen molar-refractivity contribution < 1.29 is 9.90 Å². The maximum Gasteiger partial charge on any atom is 0.251 e. The molecule has 0 heterocycles. The van der Waals surface area contributed by atoms with Gasteiger partial charge in [0.05, 0.1) is 6.07 Å². The Kier molecular flexibility index (Phi) is 3.44. The van der Waals surface area contributed by atoms with Crippen molar-refractivity contribution in [3.63, 3.8) is 0 Å². The van der Waals surface area contributed by atoms with E-state index in [9.17, 15) is 4.79 Å². The molecule has 4 heteroatoms. The maximum atomic E-state index is 10.8. The first-order valence-electron chi connectivity index (χ1n) is 2.89. The number of amides is 1. The zero-order chi connectivity index (χ0) is 8.15. The average molecular weight is 142 g/mol. The van der Waals surface area contributed by atoms with Crippen LogP contribution in [0, 0.1) is 11.3 Å². The van der Waals surface area contributed by atoms with Gasteiger partial charge < -0.3 is 10.0 Å². The topological polar surface area (TPSA) is 64.3 Å². The smallest absolute Gasteiger partial charge is 0.251 e. The highest BCUT2D eigenvalue weighted by Crippen LogP contribution is 1.88. The summed E-state index contributed by atoms with van der Waals surface area (Å²) in [4.78, 5) is 11.9. The maximum absolute atomic E-state index is 10.8. The minimum atomic E-state index is -1.02. The minimum absolute atomic E-state index is 0.0176. The Morgan fingerprint density at radius 2 is 2.40 bits per heavy atom. The van der Waals surface area contributed by atoms with Gasteiger partial charge in [-0.15, -0.1) is 0 Å². The molecule has 4 nitrogen and oxygen atoms in total. The van der Waals surface area contributed by atoms with Gasteiger partial charge in [0.1, 0.15) is 12.6 Å². The highest BCUT2D eigenvalue weighted by molar-refractivity contribution is 5.80. The number of nitrogens with zero attached hydrogens (tertiary/aromatic N) is 2. The molecule has 0 aliphatic heterocycles. The van der Waals surface area contributed by atoms with E-state index in [1.54, 1.807) is 6.07 Å². The van der Waals surface area contributed by atoms with Gasteiger partial charge in [-0.3, -0.25) is 4.79 Å². The SMILES string of the molecule is CC(O)C(=O)N(C)CC#N. The number of aliphatic hydroxyl groups is 1. The third-order valence-corrected chi connectivity index (χ3v) is 1.04. The Morgan fingerprint density at radius 3 is 2.70 bits per heavy atom. The van der Waals surface area contributed by atoms with E-state index < -0.39 is 12.0 Å². The van der Waals surface area contributed by atoms with Crippen LogP contribution in [0.3, 0.4) is 0 Å². The summed E-state index contributed by atoms with van der Waals surface area (Å²) in [6.07, 6.45) is -1.02. The number of aliphatic hydroxyl groups excluding tert-OH is 1. The van der Waals surface area contributed by atoms with Gasteiger partial charge in [-0.2, -0.15) is 5.26 Å². The van der Waals surface area contributed by atoms with E-state index in [0.29, 0.717) is 0 Å². The van der Waals surface area contributed by atoms with Crippen LogP contribution in [0.25, 0.3) is 0 Å². The van der Waals surface area contributed by atoms with Crippen LogP contribution in [0.5, 0.6) is 0 Å². The van der Waals surface area contributed by atoms with E-state index in [-0.39, 0.29) is 6.54 Å². The number of carbonyl (C=O) groups excluding carboxylic acids is 1. The summed E-state index contributed by atoms with van der Waals surface area (Å²) in [5, 5.41) is 16.9. The highest BCUT2D eigenvalue weighted by atomic mass is 16.3. The lowest BCUT2D eigenvalue weighted by Crippen LogP contribution is -2.34. The van der Waals surface area contributed by atoms with Crippen molar-refractivity contribution in [3.8, 4) is 6.07 Å². The molecule has 0 rings (SSSR count). The lowest BCUT2D eigenvalue weighted by Gasteiger charge is -2.13. The van der Waals surface area contributed by atoms with Crippen molar-refractivity contribution in [1.82, 2.24) is 4.90 Å². The number of hydrogen-bond acceptors (Lipinski definition) is 3. The molecule has 1 N–H and O–H groups in total. The van der Waals surface area contributed by atoms with E-state index in [0.717, 1.165) is 0 Å². The van der Waals surface area contributed by atoms with Crippen LogP contribution in [0.15, 0.2) is 0 Å². The van der Waals surface area contributed by atoms with Crippen molar-refractivity contribution >= 4 is 5.91 Å². The van der Waals surface area contributed by atoms with Crippen LogP contribution in [0.2, 0.25) is 0 Å². The monoisotopic (exact) mass is 142 g/mol. The van der Waals surface area contributed by atoms with Crippen LogP contribution in [0.4, 0.5) is 0 Å². The van der Waals surface area contributed by atoms with Crippen LogP contribution in [-0.2, 0) is 4.79 Å². The number of hydrogen-bond donors (Lipinski definition) is 1. The molecule has 1 amide bonds. The number of likely N-dealkylation sites (N-methyl/N-ethyl adjacent to an activating group) is 1. The van der Waals surface area contributed by atoms with Crippen LogP contribution in [-0.4, -0.2) is 35.6 Å². The molecule has 1 unspecified atom stereocenters. The lowest BCUT2D eigenvalue weighted by molar-refractivity contribution is -0.137. The predicted octanol–water partition coefficient (Wildman–Crippen LogP) is -0.651. The molecule has 0 saturated heterocycles. The molecule has 0 aliphatic carbocycles. The summed E-state index contributed by atoms with van der Waals surface area (Å²) in [5.74, 6) is -0.429. The summed E-state index contributed by atoms with van der Waals surface area (Å²) in [7, 11) is 1.47. The third kappa shape index (κ3) is 2.46. The molecule has 0 bridgehead atoms. The van der Waals surface area contributed by atoms with Crippen molar-refractivity contribution in [2.24, 2.45) is 0 Å². The van der Waals surface area contributed by atoms with E-state index in [1.807, 2.05) is 0 Å². The quantitative estimate of drug-likeness (QED) is 0.521. The first-order valence-corrected chi connectivity index (χ1v) is 2.89. The molecule has 0 aromatic heterocycles. The minimum Gasteiger partial charge on any atom is -0.384 e. The van der Waals surface area contributed by atoms with Gasteiger partial charge in [-0.05, 0) is 6.92 Å². The molecule has 10 heavy (non-hydrogen) atoms. The molecule has 1 atom stereocenters. The first kappa shape index (κ1) is 8.92. The van der Waals surface area contributed by atoms with Crippen molar-refractivity contribution in [1.29, 1.82) is 5.26 Å². The second-order valence-electron chi connectivity index (χ2n) is 2.03. The molecular weight excluding hydrogens is 132 g/mol. The fourth-order valence-corrected chi connectivity index (χ4v) is 0.503. The summed E-state index contributed by atoms with van der Waals surface area (Å²) in [6, 6.07) is 1.80. The third-order valence-electron chi connectivity index (χ3n) is 1.04. The molecule has 0 aromatic carbocycles. The fourth-order valence-electron chi connectivity index (χ4n) is 0.503. The molecule has 56 valence electrons. The van der Waals surface area contributed by atoms with Gasteiger partial charge >= 0.3 is 0 Å². The zero-order valence-electron chi connectivity index (χ0n) is 6.03. The number of nitriles is 1. The summed E-state index contributed by atoms with van der Waals surface area (Å²) in [6.45, 7) is 1.39. The fraction of sp³-hybridized carbons (Fsp3) is 0.667. The van der Waals surface area contributed by atoms with E-state index in [4.69, 9.17) is 10.4 Å². The van der Waals surface area contributed by atoms with E-state index in [1.165, 1.54) is 18.9 Å². The molecule has 0 fully saturated rings. The molecular formula is C6H10N2O2. The van der Waals surface area contributed by atoms with Crippen molar-refractivity contribution in [2.75, 3.05) is 13.6 Å². The second kappa shape index (κ2) is 3.85. The van der Waals surface area contributed by atoms with Crippen molar-refractivity contribution in [3.05, 3.63) is 0 Å². The van der Waals surface area contributed by atoms with Gasteiger partial charge in [-0.25, -0.2) is 0 Å². The Morgan fingerprint density at radius 1 is 1.90 bits per heavy atom. The van der Waals surface area contributed by atoms with Gasteiger partial charge in [0.25, 0.3) is 5.91 Å². The summed E-state index contributed by atoms with van der Waals surface area (Å²) < 4.78 is 0. The Balaban J connectivity index is 3.85. The summed E-state index contributed by atoms with van der Waals surface area (Å²) in [5.41, 5.74) is 0. The molecule has 0 aliphatic rings. The first-order chi connectivity index (χ1) is 4.59. The molecule has 0 aromatic rings. The normalized spacial score (nSPS) is 11.8. The zero-order valence-corrected chi connectivity index (χ0v) is 6.03. The van der Waals surface area contributed by atoms with Crippen LogP contribution < -0.4 is 0 Å². The van der Waals surface area contributed by atoms with E-state index in [2.05, 4.69) is 0 Å². The van der Waals surface area contributed by atoms with Crippen molar-refractivity contribution in [2.45, 2.75) is 13.0 Å². The van der Waals surface area contributed by atoms with Gasteiger partial charge in [-0.1, -0.05) is 0 Å². The molecule has 0 saturated carbocycles. The number of rotatable bonds is 2. The second-order valence-corrected chi connectivity index (χ2v) is 2.03. The largest absolute Gasteiger partial charge is 0.384 e. The van der Waals surface area contributed by atoms with Gasteiger partial charge in [0.2, 0.25) is 0 Å². The van der Waals surface area contributed by atoms with Crippen LogP contribution >= 0.6 is 0 Å². The Labute approximate surface area is 59.7 Å². The lowest BCUT2D eigenvalue weighted by atomic mass is 10.3. The Hall–Kier alpha value is -1.08.